The van der Waals surface area contributed by atoms with E-state index in [2.05, 4.69) is 10.6 Å². The highest BCUT2D eigenvalue weighted by Crippen LogP contribution is 2.44. The molecule has 2 amide bonds. The van der Waals surface area contributed by atoms with Crippen LogP contribution in [-0.4, -0.2) is 47.4 Å². The molecule has 0 saturated carbocycles. The first kappa shape index (κ1) is 23.0. The van der Waals surface area contributed by atoms with E-state index in [1.807, 2.05) is 48.5 Å². The number of hydrogen-bond donors (Lipinski definition) is 4. The van der Waals surface area contributed by atoms with Crippen LogP contribution in [-0.2, 0) is 14.3 Å². The molecule has 174 valence electrons. The number of ether oxygens (including phenoxy) is 1. The second-order valence-electron chi connectivity index (χ2n) is 7.90. The zero-order valence-corrected chi connectivity index (χ0v) is 18.2. The van der Waals surface area contributed by atoms with Gasteiger partial charge >= 0.3 is 12.1 Å². The Hall–Kier alpha value is -4.17. The van der Waals surface area contributed by atoms with Gasteiger partial charge in [0, 0.05) is 5.92 Å². The van der Waals surface area contributed by atoms with E-state index in [1.165, 1.54) is 0 Å². The highest BCUT2D eigenvalue weighted by molar-refractivity contribution is 5.90. The van der Waals surface area contributed by atoms with Gasteiger partial charge in [-0.2, -0.15) is 0 Å². The van der Waals surface area contributed by atoms with E-state index >= 15 is 0 Å². The number of alkyl carbamates (subject to hydrolysis) is 1. The van der Waals surface area contributed by atoms with Crippen LogP contribution in [0.5, 0.6) is 0 Å². The summed E-state index contributed by atoms with van der Waals surface area (Å²) in [5.41, 5.74) is 4.74. The van der Waals surface area contributed by atoms with Crippen LogP contribution in [0.15, 0.2) is 78.9 Å². The lowest BCUT2D eigenvalue weighted by atomic mass is 9.98. The van der Waals surface area contributed by atoms with Crippen LogP contribution < -0.4 is 10.6 Å². The quantitative estimate of drug-likeness (QED) is 0.410. The average molecular weight is 460 g/mol. The molecule has 2 atom stereocenters. The predicted octanol–water partition coefficient (Wildman–Crippen LogP) is 2.83. The third-order valence-corrected chi connectivity index (χ3v) is 5.80. The van der Waals surface area contributed by atoms with Gasteiger partial charge < -0.3 is 25.6 Å². The van der Waals surface area contributed by atoms with Crippen molar-refractivity contribution in [1.82, 2.24) is 10.6 Å². The van der Waals surface area contributed by atoms with Gasteiger partial charge in [0.25, 0.3) is 0 Å². The lowest BCUT2D eigenvalue weighted by molar-refractivity contribution is -0.143. The van der Waals surface area contributed by atoms with Crippen LogP contribution in [0.4, 0.5) is 4.79 Å². The first-order valence-electron chi connectivity index (χ1n) is 10.8. The third kappa shape index (κ3) is 4.77. The normalized spacial score (nSPS) is 13.8. The molecule has 0 bridgehead atoms. The summed E-state index contributed by atoms with van der Waals surface area (Å²) in [6, 6.07) is 21.6. The van der Waals surface area contributed by atoms with Crippen molar-refractivity contribution in [3.63, 3.8) is 0 Å². The van der Waals surface area contributed by atoms with Gasteiger partial charge in [-0.25, -0.2) is 9.59 Å². The van der Waals surface area contributed by atoms with Gasteiger partial charge in [0.2, 0.25) is 5.91 Å². The molecular formula is C26H24N2O6. The highest BCUT2D eigenvalue weighted by Gasteiger charge is 2.31. The van der Waals surface area contributed by atoms with Gasteiger partial charge in [-0.3, -0.25) is 4.79 Å². The number of rotatable bonds is 8. The van der Waals surface area contributed by atoms with Crippen molar-refractivity contribution in [2.45, 2.75) is 18.0 Å². The van der Waals surface area contributed by atoms with Crippen LogP contribution >= 0.6 is 0 Å². The molecule has 1 aliphatic rings. The summed E-state index contributed by atoms with van der Waals surface area (Å²) < 4.78 is 5.52. The Morgan fingerprint density at radius 1 is 0.824 bits per heavy atom. The highest BCUT2D eigenvalue weighted by atomic mass is 16.5. The summed E-state index contributed by atoms with van der Waals surface area (Å²) in [7, 11) is 0. The molecule has 0 radical (unpaired) electrons. The van der Waals surface area contributed by atoms with Gasteiger partial charge in [-0.05, 0) is 27.8 Å². The molecule has 8 heteroatoms. The van der Waals surface area contributed by atoms with Gasteiger partial charge in [0.15, 0.2) is 0 Å². The van der Waals surface area contributed by atoms with E-state index in [0.29, 0.717) is 5.56 Å². The molecule has 4 N–H and O–H groups in total. The number of aliphatic hydroxyl groups excluding tert-OH is 1. The molecule has 4 rings (SSSR count). The summed E-state index contributed by atoms with van der Waals surface area (Å²) in [6.07, 6.45) is -0.818. The number of carbonyl (C=O) groups excluding carboxylic acids is 2. The van der Waals surface area contributed by atoms with Crippen molar-refractivity contribution in [1.29, 1.82) is 0 Å². The molecule has 3 aromatic carbocycles. The predicted molar refractivity (Wildman–Crippen MR) is 124 cm³/mol. The first-order valence-corrected chi connectivity index (χ1v) is 10.8. The molecule has 0 aromatic heterocycles. The number of amides is 2. The standard InChI is InChI=1S/C26H24N2O6/c29-14-22(25(31)32)27-24(30)23(16-8-2-1-3-9-16)28-26(33)34-15-21-19-12-6-4-10-17(19)18-11-5-7-13-20(18)21/h1-13,21-23,29H,14-15H2,(H,27,30)(H,28,33)(H,31,32)/t22?,23-/m0/s1. The fraction of sp³-hybridized carbons (Fsp3) is 0.192. The molecule has 1 unspecified atom stereocenters. The minimum absolute atomic E-state index is 0.0668. The zero-order valence-electron chi connectivity index (χ0n) is 18.2. The van der Waals surface area contributed by atoms with Crippen molar-refractivity contribution < 1.29 is 29.3 Å². The smallest absolute Gasteiger partial charge is 0.408 e. The lowest BCUT2D eigenvalue weighted by Gasteiger charge is -2.21. The monoisotopic (exact) mass is 460 g/mol. The molecule has 3 aromatic rings. The maximum Gasteiger partial charge on any atom is 0.408 e. The van der Waals surface area contributed by atoms with Crippen molar-refractivity contribution in [2.75, 3.05) is 13.2 Å². The fourth-order valence-corrected chi connectivity index (χ4v) is 4.14. The second kappa shape index (κ2) is 10.2. The number of carboxylic acid groups (broad SMARTS) is 1. The molecule has 0 fully saturated rings. The Kier molecular flexibility index (Phi) is 6.89. The maximum absolute atomic E-state index is 12.8. The molecule has 0 heterocycles. The third-order valence-electron chi connectivity index (χ3n) is 5.80. The van der Waals surface area contributed by atoms with Crippen LogP contribution in [0.1, 0.15) is 28.7 Å². The largest absolute Gasteiger partial charge is 0.480 e. The van der Waals surface area contributed by atoms with Crippen LogP contribution in [0.2, 0.25) is 0 Å². The average Bonchev–Trinajstić information content (AvgIpc) is 3.18. The van der Waals surface area contributed by atoms with Crippen LogP contribution in [0.25, 0.3) is 11.1 Å². The topological polar surface area (TPSA) is 125 Å². The Morgan fingerprint density at radius 3 is 1.94 bits per heavy atom. The fourth-order valence-electron chi connectivity index (χ4n) is 4.14. The second-order valence-corrected chi connectivity index (χ2v) is 7.90. The van der Waals surface area contributed by atoms with Gasteiger partial charge in [0.1, 0.15) is 18.7 Å². The van der Waals surface area contributed by atoms with Gasteiger partial charge in [-0.1, -0.05) is 78.9 Å². The molecule has 1 aliphatic carbocycles. The number of aliphatic carboxylic acids is 1. The minimum atomic E-state index is -1.50. The number of aliphatic hydroxyl groups is 1. The van der Waals surface area contributed by atoms with Crippen molar-refractivity contribution in [2.24, 2.45) is 0 Å². The minimum Gasteiger partial charge on any atom is -0.480 e. The Bertz CT molecular complexity index is 1150. The Morgan fingerprint density at radius 2 is 1.38 bits per heavy atom. The van der Waals surface area contributed by atoms with Crippen LogP contribution in [0, 0.1) is 0 Å². The Labute approximate surface area is 196 Å². The summed E-state index contributed by atoms with van der Waals surface area (Å²) in [5, 5.41) is 23.1. The van der Waals surface area contributed by atoms with E-state index in [4.69, 9.17) is 9.84 Å². The van der Waals surface area contributed by atoms with E-state index in [9.17, 15) is 19.5 Å². The number of carboxylic acids is 1. The molecule has 8 nitrogen and oxygen atoms in total. The van der Waals surface area contributed by atoms with Gasteiger partial charge in [-0.15, -0.1) is 0 Å². The lowest BCUT2D eigenvalue weighted by Crippen LogP contribution is -2.49. The van der Waals surface area contributed by atoms with Crippen molar-refractivity contribution in [3.05, 3.63) is 95.6 Å². The van der Waals surface area contributed by atoms with E-state index in [0.717, 1.165) is 22.3 Å². The summed E-state index contributed by atoms with van der Waals surface area (Å²) in [5.74, 6) is -2.31. The summed E-state index contributed by atoms with van der Waals surface area (Å²) in [4.78, 5) is 36.7. The molecular weight excluding hydrogens is 436 g/mol. The first-order chi connectivity index (χ1) is 16.5. The number of fused-ring (bicyclic) bond motifs is 3. The summed E-state index contributed by atoms with van der Waals surface area (Å²) >= 11 is 0. The zero-order chi connectivity index (χ0) is 24.1. The number of nitrogens with one attached hydrogen (secondary N) is 2. The van der Waals surface area contributed by atoms with E-state index in [-0.39, 0.29) is 12.5 Å². The SMILES string of the molecule is O=C(N[C@H](C(=O)NC(CO)C(=O)O)c1ccccc1)OCC1c2ccccc2-c2ccccc21. The molecule has 0 saturated heterocycles. The maximum atomic E-state index is 12.8. The van der Waals surface area contributed by atoms with E-state index in [1.54, 1.807) is 30.3 Å². The summed E-state index contributed by atoms with van der Waals surface area (Å²) in [6.45, 7) is -0.717. The molecule has 0 spiro atoms. The van der Waals surface area contributed by atoms with Crippen LogP contribution in [0.3, 0.4) is 0 Å². The molecule has 0 aliphatic heterocycles. The van der Waals surface area contributed by atoms with Gasteiger partial charge in [0.05, 0.1) is 6.61 Å². The van der Waals surface area contributed by atoms with Crippen molar-refractivity contribution in [3.8, 4) is 11.1 Å². The number of hydrogen-bond acceptors (Lipinski definition) is 5. The van der Waals surface area contributed by atoms with E-state index < -0.39 is 36.7 Å². The molecule has 34 heavy (non-hydrogen) atoms. The van der Waals surface area contributed by atoms with Crippen molar-refractivity contribution >= 4 is 18.0 Å². The Balaban J connectivity index is 1.48. The number of benzene rings is 3. The number of carbonyl (C=O) groups is 3.